The van der Waals surface area contributed by atoms with E-state index in [9.17, 15) is 33.7 Å². The summed E-state index contributed by atoms with van der Waals surface area (Å²) in [5, 5.41) is 20.9. The van der Waals surface area contributed by atoms with Crippen LogP contribution in [0.25, 0.3) is 0 Å². The van der Waals surface area contributed by atoms with E-state index in [-0.39, 0.29) is 17.2 Å². The van der Waals surface area contributed by atoms with Crippen LogP contribution in [0.4, 0.5) is 0 Å². The van der Waals surface area contributed by atoms with Crippen molar-refractivity contribution in [2.75, 3.05) is 12.8 Å². The summed E-state index contributed by atoms with van der Waals surface area (Å²) in [6.07, 6.45) is -7.25. The van der Waals surface area contributed by atoms with E-state index in [0.29, 0.717) is 0 Å². The Kier molecular flexibility index (Phi) is 9.87. The lowest BCUT2D eigenvalue weighted by molar-refractivity contribution is -0.0159. The summed E-state index contributed by atoms with van der Waals surface area (Å²) in [7, 11) is -14.3. The fourth-order valence-electron chi connectivity index (χ4n) is 3.62. The third-order valence-corrected chi connectivity index (χ3v) is 9.83. The van der Waals surface area contributed by atoms with E-state index in [2.05, 4.69) is 4.31 Å². The standard InChI is InChI=1S/C24H27O13P3/c25-23-21(16-32-40(31,35-19-12-6-2-7-13-19)36-20-14-8-3-9-15-20)33-22(24(23)26)17-38(27,28)37-39(29,30)34-18-10-4-1-5-11-18/h1-15,21-26H,16-17H2,(H,27,28)(H,29,30)/t21-,22-,23-,24-/m1/s1. The Balaban J connectivity index is 1.39. The van der Waals surface area contributed by atoms with Gasteiger partial charge in [0.05, 0.1) is 18.9 Å². The normalized spacial score (nSPS) is 24.0. The Labute approximate surface area is 229 Å². The highest BCUT2D eigenvalue weighted by Gasteiger charge is 2.48. The molecule has 1 aliphatic rings. The molecule has 3 aromatic carbocycles. The number of aliphatic hydroxyl groups excluding tert-OH is 2. The molecule has 216 valence electrons. The SMILES string of the molecule is O=P(O)(C[C@H]1O[C@H](COP(=O)(Oc2ccccc2)Oc2ccccc2)[C@@H](O)[C@@H]1O)OP(=O)(O)Oc1ccccc1. The smallest absolute Gasteiger partial charge is 0.404 e. The molecule has 4 rings (SSSR count). The molecule has 0 spiro atoms. The minimum absolute atomic E-state index is 0.0852. The van der Waals surface area contributed by atoms with Gasteiger partial charge in [-0.3, -0.25) is 14.0 Å². The van der Waals surface area contributed by atoms with E-state index in [1.165, 1.54) is 48.5 Å². The van der Waals surface area contributed by atoms with Crippen LogP contribution in [0.5, 0.6) is 17.2 Å². The third-order valence-electron chi connectivity index (χ3n) is 5.38. The van der Waals surface area contributed by atoms with E-state index in [1.807, 2.05) is 0 Å². The average Bonchev–Trinajstić information content (AvgIpc) is 3.15. The second-order valence-electron chi connectivity index (χ2n) is 8.52. The number of phosphoric acid groups is 2. The number of rotatable bonds is 13. The molecule has 0 aliphatic carbocycles. The van der Waals surface area contributed by atoms with Crippen molar-refractivity contribution < 1.29 is 60.8 Å². The van der Waals surface area contributed by atoms with Crippen LogP contribution in [0.3, 0.4) is 0 Å². The molecule has 0 amide bonds. The van der Waals surface area contributed by atoms with Crippen LogP contribution in [-0.2, 0) is 27.3 Å². The summed E-state index contributed by atoms with van der Waals surface area (Å²) in [6, 6.07) is 23.4. The highest BCUT2D eigenvalue weighted by Crippen LogP contribution is 2.60. The molecule has 3 aromatic rings. The molecule has 0 aromatic heterocycles. The van der Waals surface area contributed by atoms with Gasteiger partial charge in [0.15, 0.2) is 0 Å². The zero-order chi connectivity index (χ0) is 28.8. The van der Waals surface area contributed by atoms with E-state index >= 15 is 0 Å². The fraction of sp³-hybridized carbons (Fsp3) is 0.250. The summed E-state index contributed by atoms with van der Waals surface area (Å²) < 4.78 is 69.4. The quantitative estimate of drug-likeness (QED) is 0.201. The largest absolute Gasteiger partial charge is 0.587 e. The van der Waals surface area contributed by atoms with E-state index in [0.717, 1.165) is 0 Å². The maximum absolute atomic E-state index is 13.5. The molecule has 40 heavy (non-hydrogen) atoms. The molecule has 4 N–H and O–H groups in total. The van der Waals surface area contributed by atoms with Crippen molar-refractivity contribution in [2.45, 2.75) is 24.4 Å². The lowest BCUT2D eigenvalue weighted by Crippen LogP contribution is -2.35. The molecule has 2 unspecified atom stereocenters. The van der Waals surface area contributed by atoms with Gasteiger partial charge in [0.2, 0.25) is 0 Å². The topological polar surface area (TPSA) is 188 Å². The van der Waals surface area contributed by atoms with Crippen molar-refractivity contribution >= 4 is 23.2 Å². The molecular weight excluding hydrogens is 589 g/mol. The van der Waals surface area contributed by atoms with Crippen LogP contribution in [-0.4, -0.2) is 57.2 Å². The Morgan fingerprint density at radius 1 is 0.650 bits per heavy atom. The minimum Gasteiger partial charge on any atom is -0.404 e. The van der Waals surface area contributed by atoms with Gasteiger partial charge < -0.3 is 33.4 Å². The van der Waals surface area contributed by atoms with Crippen molar-refractivity contribution in [3.05, 3.63) is 91.0 Å². The molecule has 0 radical (unpaired) electrons. The van der Waals surface area contributed by atoms with Crippen molar-refractivity contribution in [2.24, 2.45) is 0 Å². The summed E-state index contributed by atoms with van der Waals surface area (Å²) in [6.45, 7) is -0.627. The number of hydrogen-bond acceptors (Lipinski definition) is 11. The molecule has 0 bridgehead atoms. The van der Waals surface area contributed by atoms with Gasteiger partial charge in [-0.05, 0) is 36.4 Å². The van der Waals surface area contributed by atoms with Gasteiger partial charge >= 0.3 is 23.2 Å². The zero-order valence-corrected chi connectivity index (χ0v) is 23.4. The number of aliphatic hydroxyl groups is 2. The van der Waals surface area contributed by atoms with Gasteiger partial charge in [-0.25, -0.2) is 9.13 Å². The maximum atomic E-state index is 13.5. The van der Waals surface area contributed by atoms with Crippen LogP contribution in [0.1, 0.15) is 0 Å². The predicted octanol–water partition coefficient (Wildman–Crippen LogP) is 4.14. The van der Waals surface area contributed by atoms with Crippen LogP contribution in [0, 0.1) is 0 Å². The number of hydrogen-bond donors (Lipinski definition) is 4. The fourth-order valence-corrected chi connectivity index (χ4v) is 7.69. The van der Waals surface area contributed by atoms with Gasteiger partial charge in [-0.15, -0.1) is 0 Å². The minimum atomic E-state index is -5.05. The molecule has 6 atom stereocenters. The predicted molar refractivity (Wildman–Crippen MR) is 141 cm³/mol. The average molecular weight is 616 g/mol. The molecule has 0 saturated carbocycles. The highest BCUT2D eigenvalue weighted by atomic mass is 31.3. The second kappa shape index (κ2) is 13.0. The van der Waals surface area contributed by atoms with Gasteiger partial charge in [0.25, 0.3) is 0 Å². The number of benzene rings is 3. The second-order valence-corrected chi connectivity index (χ2v) is 13.5. The summed E-state index contributed by atoms with van der Waals surface area (Å²) in [4.78, 5) is 20.1. The van der Waals surface area contributed by atoms with E-state index in [1.54, 1.807) is 42.5 Å². The summed E-state index contributed by atoms with van der Waals surface area (Å²) in [5.41, 5.74) is 0. The monoisotopic (exact) mass is 616 g/mol. The third kappa shape index (κ3) is 8.73. The Morgan fingerprint density at radius 3 is 1.55 bits per heavy atom. The van der Waals surface area contributed by atoms with E-state index < -0.39 is 60.4 Å². The van der Waals surface area contributed by atoms with Gasteiger partial charge in [-0.2, -0.15) is 4.31 Å². The molecule has 1 aliphatic heterocycles. The van der Waals surface area contributed by atoms with Gasteiger partial charge in [0, 0.05) is 0 Å². The van der Waals surface area contributed by atoms with Crippen molar-refractivity contribution in [3.63, 3.8) is 0 Å². The summed E-state index contributed by atoms with van der Waals surface area (Å²) >= 11 is 0. The Hall–Kier alpha value is -2.53. The maximum Gasteiger partial charge on any atom is 0.587 e. The van der Waals surface area contributed by atoms with Gasteiger partial charge in [0.1, 0.15) is 35.6 Å². The lowest BCUT2D eigenvalue weighted by atomic mass is 10.1. The molecule has 1 saturated heterocycles. The molecule has 1 heterocycles. The first-order valence-electron chi connectivity index (χ1n) is 11.8. The first-order valence-corrected chi connectivity index (χ1v) is 16.5. The Morgan fingerprint density at radius 2 is 1.07 bits per heavy atom. The van der Waals surface area contributed by atoms with Gasteiger partial charge in [-0.1, -0.05) is 54.6 Å². The molecular formula is C24H27O13P3. The van der Waals surface area contributed by atoms with E-state index in [4.69, 9.17) is 22.8 Å². The van der Waals surface area contributed by atoms with Crippen molar-refractivity contribution in [1.29, 1.82) is 0 Å². The number of ether oxygens (including phenoxy) is 1. The number of phosphoric ester groups is 2. The van der Waals surface area contributed by atoms with Crippen LogP contribution in [0.15, 0.2) is 91.0 Å². The molecule has 16 heteroatoms. The van der Waals surface area contributed by atoms with Crippen molar-refractivity contribution in [1.82, 2.24) is 0 Å². The zero-order valence-electron chi connectivity index (χ0n) is 20.7. The molecule has 1 fully saturated rings. The van der Waals surface area contributed by atoms with Crippen LogP contribution in [0.2, 0.25) is 0 Å². The highest BCUT2D eigenvalue weighted by molar-refractivity contribution is 7.64. The Bertz CT molecular complexity index is 1330. The van der Waals surface area contributed by atoms with Crippen LogP contribution >= 0.6 is 23.2 Å². The summed E-state index contributed by atoms with van der Waals surface area (Å²) in [5.74, 6) is 0.243. The first kappa shape index (κ1) is 30.4. The first-order chi connectivity index (χ1) is 18.9. The van der Waals surface area contributed by atoms with Crippen LogP contribution < -0.4 is 13.6 Å². The molecule has 13 nitrogen and oxygen atoms in total. The number of para-hydroxylation sites is 3. The van der Waals surface area contributed by atoms with Crippen molar-refractivity contribution in [3.8, 4) is 17.2 Å². The lowest BCUT2D eigenvalue weighted by Gasteiger charge is -2.22.